The van der Waals surface area contributed by atoms with Crippen LogP contribution in [0.2, 0.25) is 0 Å². The average Bonchev–Trinajstić information content (AvgIpc) is 2.91. The van der Waals surface area contributed by atoms with Crippen molar-refractivity contribution in [3.8, 4) is 0 Å². The first-order valence-corrected chi connectivity index (χ1v) is 14.2. The van der Waals surface area contributed by atoms with Gasteiger partial charge in [0.05, 0.1) is 16.8 Å². The summed E-state index contributed by atoms with van der Waals surface area (Å²) in [6, 6.07) is 1.51. The Labute approximate surface area is 243 Å². The molecule has 0 amide bonds. The average molecular weight is 640 g/mol. The first-order valence-electron chi connectivity index (χ1n) is 12.8. The molecule has 0 bridgehead atoms. The number of halogens is 8. The second kappa shape index (κ2) is 13.0. The summed E-state index contributed by atoms with van der Waals surface area (Å²) in [7, 11) is -1.33. The number of sulfonamides is 1. The van der Waals surface area contributed by atoms with Crippen molar-refractivity contribution in [2.45, 2.75) is 61.4 Å². The van der Waals surface area contributed by atoms with Gasteiger partial charge in [0.25, 0.3) is 10.0 Å². The molecule has 236 valence electrons. The second-order valence-corrected chi connectivity index (χ2v) is 11.8. The number of nitrogens with zero attached hydrogens (tertiary/aromatic N) is 3. The van der Waals surface area contributed by atoms with Crippen LogP contribution in [-0.2, 0) is 22.4 Å². The smallest absolute Gasteiger partial charge is 0.378 e. The lowest BCUT2D eigenvalue weighted by atomic mass is 9.77. The van der Waals surface area contributed by atoms with Gasteiger partial charge in [-0.3, -0.25) is 9.71 Å². The van der Waals surface area contributed by atoms with Gasteiger partial charge in [0.15, 0.2) is 0 Å². The highest BCUT2D eigenvalue weighted by Crippen LogP contribution is 2.42. The molecule has 2 N–H and O–H groups in total. The number of benzene rings is 2. The third kappa shape index (κ3) is 8.31. The van der Waals surface area contributed by atoms with Gasteiger partial charge in [0.2, 0.25) is 0 Å². The van der Waals surface area contributed by atoms with E-state index in [1.807, 2.05) is 4.72 Å². The molecule has 7 nitrogen and oxygen atoms in total. The van der Waals surface area contributed by atoms with Gasteiger partial charge in [0.1, 0.15) is 28.7 Å². The maximum absolute atomic E-state index is 15.1. The van der Waals surface area contributed by atoms with E-state index in [4.69, 9.17) is 0 Å². The Bertz CT molecular complexity index is 1470. The van der Waals surface area contributed by atoms with Gasteiger partial charge >= 0.3 is 12.4 Å². The van der Waals surface area contributed by atoms with E-state index >= 15 is 4.39 Å². The van der Waals surface area contributed by atoms with Crippen LogP contribution in [-0.4, -0.2) is 52.6 Å². The normalized spacial score (nSPS) is 20.5. The molecule has 2 aromatic rings. The van der Waals surface area contributed by atoms with E-state index in [0.717, 1.165) is 6.34 Å². The lowest BCUT2D eigenvalue weighted by Crippen LogP contribution is -2.47. The van der Waals surface area contributed by atoms with Crippen LogP contribution in [0.4, 0.5) is 40.8 Å². The van der Waals surface area contributed by atoms with Crippen molar-refractivity contribution in [2.75, 3.05) is 19.4 Å². The highest BCUT2D eigenvalue weighted by Gasteiger charge is 2.39. The van der Waals surface area contributed by atoms with Crippen molar-refractivity contribution in [1.82, 2.24) is 9.62 Å². The molecule has 0 radical (unpaired) electrons. The zero-order chi connectivity index (χ0) is 32.3. The lowest BCUT2D eigenvalue weighted by molar-refractivity contribution is -0.143. The number of anilines is 1. The van der Waals surface area contributed by atoms with E-state index in [-0.39, 0.29) is 42.4 Å². The van der Waals surface area contributed by atoms with Crippen LogP contribution in [0.1, 0.15) is 48.8 Å². The largest absolute Gasteiger partial charge is 0.416 e. The number of allylic oxidation sites excluding steroid dienone is 1. The topological polar surface area (TPSA) is 86.2 Å². The van der Waals surface area contributed by atoms with Crippen molar-refractivity contribution < 1.29 is 43.5 Å². The first-order chi connectivity index (χ1) is 19.9. The monoisotopic (exact) mass is 639 g/mol. The summed E-state index contributed by atoms with van der Waals surface area (Å²) in [5, 5.41) is 2.84. The molecule has 16 heteroatoms. The van der Waals surface area contributed by atoms with Crippen molar-refractivity contribution in [3.63, 3.8) is 0 Å². The molecule has 1 aliphatic rings. The number of rotatable bonds is 9. The Morgan fingerprint density at radius 2 is 1.58 bits per heavy atom. The predicted molar refractivity (Wildman–Crippen MR) is 146 cm³/mol. The number of hydrogen-bond donors (Lipinski definition) is 2. The molecule has 3 rings (SSSR count). The van der Waals surface area contributed by atoms with Crippen LogP contribution >= 0.6 is 0 Å². The molecule has 0 saturated heterocycles. The second-order valence-electron chi connectivity index (χ2n) is 10.1. The van der Waals surface area contributed by atoms with Gasteiger partial charge in [0, 0.05) is 18.2 Å². The summed E-state index contributed by atoms with van der Waals surface area (Å²) in [6.07, 6.45) is -7.35. The van der Waals surface area contributed by atoms with Gasteiger partial charge in [-0.15, -0.1) is 0 Å². The third-order valence-corrected chi connectivity index (χ3v) is 8.37. The Hall–Kier alpha value is -3.53. The predicted octanol–water partition coefficient (Wildman–Crippen LogP) is 6.55. The quantitative estimate of drug-likeness (QED) is 0.185. The van der Waals surface area contributed by atoms with Crippen LogP contribution < -0.4 is 10.0 Å². The number of hydrogen-bond acceptors (Lipinski definition) is 5. The number of alkyl halides is 6. The Balaban J connectivity index is 1.88. The van der Waals surface area contributed by atoms with E-state index in [1.165, 1.54) is 13.0 Å². The van der Waals surface area contributed by atoms with E-state index < -0.39 is 68.0 Å². The van der Waals surface area contributed by atoms with Crippen molar-refractivity contribution in [1.29, 1.82) is 0 Å². The van der Waals surface area contributed by atoms with Crippen LogP contribution in [0.3, 0.4) is 0 Å². The minimum atomic E-state index is -4.99. The van der Waals surface area contributed by atoms with E-state index in [9.17, 15) is 39.2 Å². The highest BCUT2D eigenvalue weighted by atomic mass is 32.2. The van der Waals surface area contributed by atoms with Gasteiger partial charge in [-0.1, -0.05) is 0 Å². The summed E-state index contributed by atoms with van der Waals surface area (Å²) in [6.45, 7) is 4.60. The number of nitrogens with one attached hydrogen (secondary N) is 2. The van der Waals surface area contributed by atoms with E-state index in [0.29, 0.717) is 24.3 Å². The number of aliphatic imine (C=N–C) groups is 2. The lowest BCUT2D eigenvalue weighted by Gasteiger charge is -2.41. The summed E-state index contributed by atoms with van der Waals surface area (Å²) in [5.74, 6) is -3.29. The molecule has 0 aromatic heterocycles. The van der Waals surface area contributed by atoms with Crippen LogP contribution in [0.5, 0.6) is 0 Å². The van der Waals surface area contributed by atoms with Crippen molar-refractivity contribution in [2.24, 2.45) is 9.98 Å². The fraction of sp³-hybridized carbons (Fsp3) is 0.407. The summed E-state index contributed by atoms with van der Waals surface area (Å²) in [4.78, 5) is 7.70. The van der Waals surface area contributed by atoms with Crippen molar-refractivity contribution in [3.05, 3.63) is 70.6 Å². The highest BCUT2D eigenvalue weighted by molar-refractivity contribution is 7.89. The number of likely N-dealkylation sites (N-methyl/N-ethyl adjacent to an activating group) is 1. The molecular formula is C27H29F8N5O2S. The molecule has 0 spiro atoms. The minimum absolute atomic E-state index is 0.0713. The zero-order valence-corrected chi connectivity index (χ0v) is 24.0. The van der Waals surface area contributed by atoms with Crippen LogP contribution in [0, 0.1) is 11.6 Å². The van der Waals surface area contributed by atoms with Gasteiger partial charge in [-0.25, -0.2) is 22.2 Å². The van der Waals surface area contributed by atoms with Crippen molar-refractivity contribution >= 4 is 28.8 Å². The van der Waals surface area contributed by atoms with Gasteiger partial charge in [-0.05, 0) is 88.8 Å². The third-order valence-electron chi connectivity index (χ3n) is 7.00. The molecule has 1 fully saturated rings. The Kier molecular flexibility index (Phi) is 10.3. The van der Waals surface area contributed by atoms with E-state index in [1.54, 1.807) is 19.0 Å². The Morgan fingerprint density at radius 3 is 2.09 bits per heavy atom. The summed E-state index contributed by atoms with van der Waals surface area (Å²) >= 11 is 0. The van der Waals surface area contributed by atoms with Gasteiger partial charge in [-0.2, -0.15) is 26.3 Å². The summed E-state index contributed by atoms with van der Waals surface area (Å²) < 4.78 is 138. The molecule has 1 saturated carbocycles. The minimum Gasteiger partial charge on any atom is -0.378 e. The molecule has 43 heavy (non-hydrogen) atoms. The SMILES string of the molecule is C=N/C=N\C(=C/C)NS(=O)(=O)c1cc(F)c(N[C@H]2CC[C@H](c3cc(C(F)(F)F)cc(C(F)(F)F)c3)C[C@@H]2N(C)C)cc1F. The Morgan fingerprint density at radius 1 is 0.977 bits per heavy atom. The maximum atomic E-state index is 15.1. The standard InChI is InChI=1S/C27H29F8N5O2S/c1-5-25(37-14-36-2)39-43(41,42)24-13-19(28)22(12-20(24)29)38-21-7-6-15(10-23(21)40(3)4)16-8-17(26(30,31)32)11-18(9-16)27(33,34)35/h5,8-9,11-15,21,23,38-39H,2,6-7,10H2,1,3-4H3/b25-5+,37-14-/t15-,21-,23-/m0/s1. The molecule has 0 heterocycles. The first kappa shape index (κ1) is 34.0. The molecule has 2 aromatic carbocycles. The molecule has 3 atom stereocenters. The fourth-order valence-electron chi connectivity index (χ4n) is 4.90. The fourth-order valence-corrected chi connectivity index (χ4v) is 6.03. The molecule has 1 aliphatic carbocycles. The van der Waals surface area contributed by atoms with Crippen LogP contribution in [0.25, 0.3) is 0 Å². The summed E-state index contributed by atoms with van der Waals surface area (Å²) in [5.41, 5.74) is -3.32. The molecular weight excluding hydrogens is 610 g/mol. The van der Waals surface area contributed by atoms with Crippen LogP contribution in [0.15, 0.2) is 57.1 Å². The molecule has 0 aliphatic heterocycles. The maximum Gasteiger partial charge on any atom is 0.416 e. The molecule has 0 unspecified atom stereocenters. The van der Waals surface area contributed by atoms with Gasteiger partial charge < -0.3 is 10.2 Å². The zero-order valence-electron chi connectivity index (χ0n) is 23.2. The van der Waals surface area contributed by atoms with E-state index in [2.05, 4.69) is 22.0 Å².